The van der Waals surface area contributed by atoms with Crippen LogP contribution in [0.25, 0.3) is 0 Å². The van der Waals surface area contributed by atoms with E-state index in [1.807, 2.05) is 36.6 Å². The molecule has 0 spiro atoms. The second kappa shape index (κ2) is 7.19. The van der Waals surface area contributed by atoms with Gasteiger partial charge in [0, 0.05) is 25.4 Å². The van der Waals surface area contributed by atoms with E-state index in [-0.39, 0.29) is 5.91 Å². The first-order chi connectivity index (χ1) is 10.1. The third-order valence-electron chi connectivity index (χ3n) is 3.01. The lowest BCUT2D eigenvalue weighted by Gasteiger charge is -2.14. The van der Waals surface area contributed by atoms with Crippen LogP contribution in [0.1, 0.15) is 25.1 Å². The van der Waals surface area contributed by atoms with Crippen molar-refractivity contribution in [1.29, 1.82) is 0 Å². The maximum absolute atomic E-state index is 11.5. The highest BCUT2D eigenvalue weighted by Crippen LogP contribution is 2.22. The van der Waals surface area contributed by atoms with Crippen molar-refractivity contribution in [2.75, 3.05) is 11.4 Å². The molecule has 0 fully saturated rings. The summed E-state index contributed by atoms with van der Waals surface area (Å²) in [7, 11) is 0. The number of nitrogens with zero attached hydrogens (tertiary/aromatic N) is 2. The molecule has 2 rings (SSSR count). The predicted molar refractivity (Wildman–Crippen MR) is 84.5 cm³/mol. The Hall–Kier alpha value is -1.92. The molecule has 112 valence electrons. The largest absolute Gasteiger partial charge is 0.487 e. The molecule has 6 heteroatoms. The number of hydrogen-bond acceptors (Lipinski definition) is 5. The average molecular weight is 305 g/mol. The van der Waals surface area contributed by atoms with Gasteiger partial charge in [-0.25, -0.2) is 4.98 Å². The van der Waals surface area contributed by atoms with Gasteiger partial charge in [-0.2, -0.15) is 0 Å². The first-order valence-electron chi connectivity index (χ1n) is 6.78. The maximum Gasteiger partial charge on any atom is 0.225 e. The van der Waals surface area contributed by atoms with Gasteiger partial charge < -0.3 is 10.5 Å². The third-order valence-corrected chi connectivity index (χ3v) is 3.93. The van der Waals surface area contributed by atoms with Gasteiger partial charge in [0.2, 0.25) is 5.91 Å². The Labute approximate surface area is 128 Å². The lowest BCUT2D eigenvalue weighted by atomic mass is 10.2. The number of thiazole rings is 1. The summed E-state index contributed by atoms with van der Waals surface area (Å²) in [5.74, 6) is 0.775. The van der Waals surface area contributed by atoms with E-state index in [4.69, 9.17) is 10.5 Å². The van der Waals surface area contributed by atoms with E-state index in [1.165, 1.54) is 11.3 Å². The molecule has 1 aromatic heterocycles. The summed E-state index contributed by atoms with van der Waals surface area (Å²) in [4.78, 5) is 17.5. The molecule has 0 saturated carbocycles. The number of benzene rings is 1. The monoisotopic (exact) mass is 305 g/mol. The summed E-state index contributed by atoms with van der Waals surface area (Å²) in [5, 5.41) is 2.62. The Balaban J connectivity index is 1.97. The van der Waals surface area contributed by atoms with E-state index < -0.39 is 0 Å². The van der Waals surface area contributed by atoms with Crippen molar-refractivity contribution in [2.24, 2.45) is 5.73 Å². The Morgan fingerprint density at radius 1 is 1.38 bits per heavy atom. The van der Waals surface area contributed by atoms with Gasteiger partial charge in [-0.05, 0) is 24.6 Å². The molecule has 0 bridgehead atoms. The second-order valence-corrected chi connectivity index (χ2v) is 5.36. The molecule has 5 nitrogen and oxygen atoms in total. The zero-order valence-corrected chi connectivity index (χ0v) is 13.0. The smallest absolute Gasteiger partial charge is 0.225 e. The van der Waals surface area contributed by atoms with E-state index in [1.54, 1.807) is 11.8 Å². The highest BCUT2D eigenvalue weighted by Gasteiger charge is 2.13. The van der Waals surface area contributed by atoms with Crippen molar-refractivity contribution in [3.05, 3.63) is 40.9 Å². The van der Waals surface area contributed by atoms with Crippen LogP contribution in [0.2, 0.25) is 0 Å². The molecule has 1 amide bonds. The molecular formula is C15H19N3O2S. The highest BCUT2D eigenvalue weighted by atomic mass is 32.1. The Bertz CT molecular complexity index is 595. The van der Waals surface area contributed by atoms with Crippen LogP contribution in [0.15, 0.2) is 29.6 Å². The number of carbonyl (C=O) groups is 1. The normalized spacial score (nSPS) is 10.4. The molecule has 0 aliphatic heterocycles. The van der Waals surface area contributed by atoms with Gasteiger partial charge in [-0.1, -0.05) is 12.1 Å². The lowest BCUT2D eigenvalue weighted by molar-refractivity contribution is -0.116. The van der Waals surface area contributed by atoms with Crippen LogP contribution in [-0.4, -0.2) is 17.4 Å². The minimum atomic E-state index is -0.00306. The highest BCUT2D eigenvalue weighted by molar-refractivity contribution is 7.14. The van der Waals surface area contributed by atoms with Crippen LogP contribution in [0.5, 0.6) is 5.75 Å². The van der Waals surface area contributed by atoms with Gasteiger partial charge in [-0.3, -0.25) is 9.69 Å². The van der Waals surface area contributed by atoms with Crippen LogP contribution >= 0.6 is 11.3 Å². The topological polar surface area (TPSA) is 68.5 Å². The summed E-state index contributed by atoms with van der Waals surface area (Å²) >= 11 is 1.45. The number of aromatic nitrogens is 1. The van der Waals surface area contributed by atoms with E-state index in [2.05, 4.69) is 4.98 Å². The standard InChI is InChI=1S/C15H19N3O2S/c1-3-18(11(2)19)15-17-13(10-21-15)9-20-14-6-4-12(8-16)5-7-14/h4-7,10H,3,8-9,16H2,1-2H3. The van der Waals surface area contributed by atoms with Crippen LogP contribution < -0.4 is 15.4 Å². The van der Waals surface area contributed by atoms with Crippen LogP contribution in [0.3, 0.4) is 0 Å². The van der Waals surface area contributed by atoms with E-state index in [0.29, 0.717) is 24.8 Å². The number of carbonyl (C=O) groups excluding carboxylic acids is 1. The molecule has 1 aromatic carbocycles. The molecule has 0 aliphatic carbocycles. The molecule has 0 atom stereocenters. The minimum absolute atomic E-state index is 0.00306. The Kier molecular flexibility index (Phi) is 5.30. The van der Waals surface area contributed by atoms with Crippen molar-refractivity contribution in [1.82, 2.24) is 4.98 Å². The van der Waals surface area contributed by atoms with Gasteiger partial charge in [0.15, 0.2) is 5.13 Å². The van der Waals surface area contributed by atoms with Gasteiger partial charge >= 0.3 is 0 Å². The average Bonchev–Trinajstić information content (AvgIpc) is 2.94. The molecule has 1 heterocycles. The quantitative estimate of drug-likeness (QED) is 0.890. The number of hydrogen-bond donors (Lipinski definition) is 1. The number of ether oxygens (including phenoxy) is 1. The van der Waals surface area contributed by atoms with Crippen molar-refractivity contribution < 1.29 is 9.53 Å². The zero-order valence-electron chi connectivity index (χ0n) is 12.2. The van der Waals surface area contributed by atoms with Crippen molar-refractivity contribution in [3.8, 4) is 5.75 Å². The second-order valence-electron chi connectivity index (χ2n) is 4.52. The summed E-state index contributed by atoms with van der Waals surface area (Å²) < 4.78 is 5.68. The fourth-order valence-electron chi connectivity index (χ4n) is 1.86. The van der Waals surface area contributed by atoms with Crippen molar-refractivity contribution in [2.45, 2.75) is 27.0 Å². The first-order valence-corrected chi connectivity index (χ1v) is 7.66. The Morgan fingerprint density at radius 3 is 2.67 bits per heavy atom. The molecule has 2 N–H and O–H groups in total. The van der Waals surface area contributed by atoms with E-state index in [0.717, 1.165) is 17.0 Å². The minimum Gasteiger partial charge on any atom is -0.487 e. The molecular weight excluding hydrogens is 286 g/mol. The van der Waals surface area contributed by atoms with E-state index in [9.17, 15) is 4.79 Å². The number of amides is 1. The van der Waals surface area contributed by atoms with Crippen molar-refractivity contribution in [3.63, 3.8) is 0 Å². The van der Waals surface area contributed by atoms with Crippen LogP contribution in [0.4, 0.5) is 5.13 Å². The molecule has 2 aromatic rings. The van der Waals surface area contributed by atoms with Crippen molar-refractivity contribution >= 4 is 22.4 Å². The molecule has 0 radical (unpaired) electrons. The molecule has 0 saturated heterocycles. The zero-order chi connectivity index (χ0) is 15.2. The number of nitrogens with two attached hydrogens (primary N) is 1. The van der Waals surface area contributed by atoms with Gasteiger partial charge in [0.1, 0.15) is 12.4 Å². The Morgan fingerprint density at radius 2 is 2.10 bits per heavy atom. The summed E-state index contributed by atoms with van der Waals surface area (Å²) in [6.07, 6.45) is 0. The molecule has 0 aliphatic rings. The van der Waals surface area contributed by atoms with Crippen LogP contribution in [-0.2, 0) is 17.9 Å². The summed E-state index contributed by atoms with van der Waals surface area (Å²) in [6, 6.07) is 7.67. The summed E-state index contributed by atoms with van der Waals surface area (Å²) in [6.45, 7) is 4.99. The predicted octanol–water partition coefficient (Wildman–Crippen LogP) is 2.55. The fraction of sp³-hybridized carbons (Fsp3) is 0.333. The lowest BCUT2D eigenvalue weighted by Crippen LogP contribution is -2.27. The number of rotatable bonds is 6. The third kappa shape index (κ3) is 4.03. The molecule has 0 unspecified atom stereocenters. The molecule has 21 heavy (non-hydrogen) atoms. The van der Waals surface area contributed by atoms with Gasteiger partial charge in [-0.15, -0.1) is 11.3 Å². The first kappa shape index (κ1) is 15.5. The van der Waals surface area contributed by atoms with Crippen LogP contribution in [0, 0.1) is 0 Å². The maximum atomic E-state index is 11.5. The fourth-order valence-corrected chi connectivity index (χ4v) is 2.78. The van der Waals surface area contributed by atoms with E-state index >= 15 is 0 Å². The van der Waals surface area contributed by atoms with Gasteiger partial charge in [0.25, 0.3) is 0 Å². The summed E-state index contributed by atoms with van der Waals surface area (Å²) in [5.41, 5.74) is 7.44. The van der Waals surface area contributed by atoms with Gasteiger partial charge in [0.05, 0.1) is 5.69 Å². The SMILES string of the molecule is CCN(C(C)=O)c1nc(COc2ccc(CN)cc2)cs1. The number of anilines is 1.